The molecule has 0 spiro atoms. The third-order valence-electron chi connectivity index (χ3n) is 9.90. The van der Waals surface area contributed by atoms with Gasteiger partial charge in [-0.1, -0.05) is 53.6 Å². The number of imide groups is 1. The number of hydrogen-bond donors (Lipinski definition) is 1. The first-order chi connectivity index (χ1) is 23.1. The van der Waals surface area contributed by atoms with Crippen molar-refractivity contribution in [2.24, 2.45) is 17.8 Å². The highest BCUT2D eigenvalue weighted by atomic mass is 35.5. The molecule has 3 aromatic carbocycles. The van der Waals surface area contributed by atoms with Gasteiger partial charge < -0.3 is 14.6 Å². The molecular weight excluding hydrogens is 630 g/mol. The number of nitrogens with zero attached hydrogens (tertiary/aromatic N) is 1. The third-order valence-corrected chi connectivity index (χ3v) is 10.2. The number of hydrogen-bond acceptors (Lipinski definition) is 7. The Morgan fingerprint density at radius 2 is 1.67 bits per heavy atom. The topological polar surface area (TPSA) is 110 Å². The molecule has 0 unspecified atom stereocenters. The average Bonchev–Trinajstić information content (AvgIpc) is 3.34. The van der Waals surface area contributed by atoms with Gasteiger partial charge in [-0.15, -0.1) is 0 Å². The number of allylic oxidation sites excluding steroid dienone is 6. The minimum Gasteiger partial charge on any atom is -0.508 e. The van der Waals surface area contributed by atoms with Gasteiger partial charge in [-0.25, -0.2) is 0 Å². The second-order valence-electron chi connectivity index (χ2n) is 12.5. The lowest BCUT2D eigenvalue weighted by Crippen LogP contribution is -2.39. The number of amides is 2. The zero-order chi connectivity index (χ0) is 33.9. The molecule has 4 aliphatic rings. The van der Waals surface area contributed by atoms with E-state index in [1.54, 1.807) is 39.3 Å². The fourth-order valence-electron chi connectivity index (χ4n) is 7.63. The van der Waals surface area contributed by atoms with Crippen molar-refractivity contribution in [2.75, 3.05) is 19.1 Å². The highest BCUT2D eigenvalue weighted by Gasteiger charge is 2.56. The van der Waals surface area contributed by atoms with Gasteiger partial charge in [-0.05, 0) is 85.4 Å². The van der Waals surface area contributed by atoms with Gasteiger partial charge in [0.05, 0.1) is 31.7 Å². The summed E-state index contributed by atoms with van der Waals surface area (Å²) in [6, 6.07) is 17.3. The van der Waals surface area contributed by atoms with Gasteiger partial charge in [0.2, 0.25) is 11.8 Å². The molecule has 0 saturated carbocycles. The van der Waals surface area contributed by atoms with E-state index in [9.17, 15) is 24.3 Å². The SMILES string of the molecule is COc1ccc(OC)c(C=Cc2ccc(N3C(=O)[C@H]4[C@H](CC=C5[C@H](c6ccc(O)cc6Cl)C6=C(C[C@H]54)C(=O)C(C)=CC6=O)C3=O)cc2)c1. The van der Waals surface area contributed by atoms with Gasteiger partial charge in [0.15, 0.2) is 11.6 Å². The minimum absolute atomic E-state index is 0.0291. The van der Waals surface area contributed by atoms with Crippen LogP contribution in [-0.4, -0.2) is 42.7 Å². The van der Waals surface area contributed by atoms with E-state index in [4.69, 9.17) is 21.1 Å². The van der Waals surface area contributed by atoms with Crippen LogP contribution in [0.15, 0.2) is 95.1 Å². The summed E-state index contributed by atoms with van der Waals surface area (Å²) in [5.74, 6) is -2.24. The van der Waals surface area contributed by atoms with Gasteiger partial charge >= 0.3 is 0 Å². The third kappa shape index (κ3) is 5.08. The zero-order valence-electron chi connectivity index (χ0n) is 26.5. The first-order valence-corrected chi connectivity index (χ1v) is 16.1. The molecule has 2 amide bonds. The molecule has 0 aromatic heterocycles. The van der Waals surface area contributed by atoms with Crippen molar-refractivity contribution >= 4 is 52.8 Å². The number of fused-ring (bicyclic) bond motifs is 3. The summed E-state index contributed by atoms with van der Waals surface area (Å²) in [6.07, 6.45) is 7.60. The van der Waals surface area contributed by atoms with E-state index < -0.39 is 23.7 Å². The fourth-order valence-corrected chi connectivity index (χ4v) is 7.92. The molecule has 1 fully saturated rings. The van der Waals surface area contributed by atoms with Crippen LogP contribution in [0, 0.1) is 17.8 Å². The van der Waals surface area contributed by atoms with E-state index in [2.05, 4.69) is 0 Å². The molecule has 4 atom stereocenters. The van der Waals surface area contributed by atoms with E-state index in [-0.39, 0.29) is 40.6 Å². The van der Waals surface area contributed by atoms with E-state index in [0.29, 0.717) is 45.9 Å². The van der Waals surface area contributed by atoms with Crippen LogP contribution in [0.5, 0.6) is 17.2 Å². The minimum atomic E-state index is -0.709. The molecule has 1 aliphatic heterocycles. The lowest BCUT2D eigenvalue weighted by molar-refractivity contribution is -0.123. The van der Waals surface area contributed by atoms with Gasteiger partial charge in [0.1, 0.15) is 17.2 Å². The van der Waals surface area contributed by atoms with E-state index in [1.165, 1.54) is 23.1 Å². The number of phenolic OH excluding ortho intramolecular Hbond substituents is 1. The predicted molar refractivity (Wildman–Crippen MR) is 182 cm³/mol. The number of anilines is 1. The molecule has 7 rings (SSSR count). The Bertz CT molecular complexity index is 2040. The second kappa shape index (κ2) is 12.1. The number of aromatic hydroxyl groups is 1. The highest BCUT2D eigenvalue weighted by Crippen LogP contribution is 2.56. The lowest BCUT2D eigenvalue weighted by atomic mass is 9.59. The number of carbonyl (C=O) groups excluding carboxylic acids is 4. The normalized spacial score (nSPS) is 23.5. The van der Waals surface area contributed by atoms with Crippen LogP contribution in [0.2, 0.25) is 5.02 Å². The van der Waals surface area contributed by atoms with Gasteiger partial charge in [0.25, 0.3) is 0 Å². The first-order valence-electron chi connectivity index (χ1n) is 15.7. The Morgan fingerprint density at radius 1 is 0.896 bits per heavy atom. The summed E-state index contributed by atoms with van der Waals surface area (Å²) >= 11 is 6.64. The van der Waals surface area contributed by atoms with Crippen LogP contribution in [0.4, 0.5) is 5.69 Å². The van der Waals surface area contributed by atoms with Gasteiger partial charge in [0, 0.05) is 33.2 Å². The molecule has 1 heterocycles. The van der Waals surface area contributed by atoms with Gasteiger partial charge in [-0.3, -0.25) is 24.1 Å². The maximum absolute atomic E-state index is 14.3. The summed E-state index contributed by atoms with van der Waals surface area (Å²) in [7, 11) is 3.20. The smallest absolute Gasteiger partial charge is 0.238 e. The summed E-state index contributed by atoms with van der Waals surface area (Å²) in [5.41, 5.74) is 4.56. The number of ketones is 2. The molecule has 8 nitrogen and oxygen atoms in total. The number of benzene rings is 3. The molecule has 9 heteroatoms. The van der Waals surface area contributed by atoms with Crippen LogP contribution < -0.4 is 14.4 Å². The molecule has 3 aromatic rings. The Hall–Kier alpha value is -5.21. The number of rotatable bonds is 6. The number of carbonyl (C=O) groups is 4. The molecule has 0 radical (unpaired) electrons. The molecule has 242 valence electrons. The van der Waals surface area contributed by atoms with Crippen molar-refractivity contribution in [1.29, 1.82) is 0 Å². The number of Topliss-reactive ketones (excluding diaryl/α,β-unsaturated/α-hetero) is 1. The van der Waals surface area contributed by atoms with Gasteiger partial charge in [-0.2, -0.15) is 0 Å². The predicted octanol–water partition coefficient (Wildman–Crippen LogP) is 6.87. The molecule has 1 saturated heterocycles. The Kier molecular flexibility index (Phi) is 7.92. The molecular formula is C39H32ClNO7. The molecule has 48 heavy (non-hydrogen) atoms. The van der Waals surface area contributed by atoms with Crippen molar-refractivity contribution < 1.29 is 33.8 Å². The van der Waals surface area contributed by atoms with Crippen molar-refractivity contribution in [3.63, 3.8) is 0 Å². The van der Waals surface area contributed by atoms with Crippen molar-refractivity contribution in [1.82, 2.24) is 0 Å². The van der Waals surface area contributed by atoms with Crippen LogP contribution >= 0.6 is 11.6 Å². The van der Waals surface area contributed by atoms with Crippen LogP contribution in [0.3, 0.4) is 0 Å². The van der Waals surface area contributed by atoms with Crippen LogP contribution in [-0.2, 0) is 19.2 Å². The maximum atomic E-state index is 14.3. The van der Waals surface area contributed by atoms with Crippen LogP contribution in [0.25, 0.3) is 12.2 Å². The fraction of sp³-hybridized carbons (Fsp3) is 0.231. The summed E-state index contributed by atoms with van der Waals surface area (Å²) in [6.45, 7) is 1.61. The summed E-state index contributed by atoms with van der Waals surface area (Å²) < 4.78 is 10.8. The number of methoxy groups -OCH3 is 2. The van der Waals surface area contributed by atoms with E-state index in [1.807, 2.05) is 48.6 Å². The number of halogens is 1. The zero-order valence-corrected chi connectivity index (χ0v) is 27.3. The summed E-state index contributed by atoms with van der Waals surface area (Å²) in [4.78, 5) is 56.4. The first kappa shape index (κ1) is 31.4. The monoisotopic (exact) mass is 661 g/mol. The Balaban J connectivity index is 1.21. The van der Waals surface area contributed by atoms with Crippen molar-refractivity contribution in [3.05, 3.63) is 117 Å². The average molecular weight is 662 g/mol. The molecule has 1 N–H and O–H groups in total. The highest BCUT2D eigenvalue weighted by molar-refractivity contribution is 6.32. The van der Waals surface area contributed by atoms with Crippen molar-refractivity contribution in [2.45, 2.75) is 25.7 Å². The standard InChI is InChI=1S/C39H32ClNO7/c1-20-16-32(43)36-30(37(20)44)19-29-26(34(36)27-12-10-24(42)18-31(27)40)13-14-28-35(29)39(46)41(38(28)45)23-8-5-21(6-9-23)4-7-22-17-25(47-2)11-15-33(22)48-3/h4-13,15-18,28-29,34-35,42H,14,19H2,1-3H3/t28-,29+,34+,35-/m0/s1. The Morgan fingerprint density at radius 3 is 2.38 bits per heavy atom. The second-order valence-corrected chi connectivity index (χ2v) is 12.9. The lowest BCUT2D eigenvalue weighted by Gasteiger charge is -2.42. The number of phenols is 1. The Labute approximate surface area is 282 Å². The van der Waals surface area contributed by atoms with Crippen LogP contribution in [0.1, 0.15) is 42.4 Å². The number of ether oxygens (including phenoxy) is 2. The van der Waals surface area contributed by atoms with E-state index in [0.717, 1.165) is 16.7 Å². The maximum Gasteiger partial charge on any atom is 0.238 e. The molecule has 3 aliphatic carbocycles. The largest absolute Gasteiger partial charge is 0.508 e. The quantitative estimate of drug-likeness (QED) is 0.133. The van der Waals surface area contributed by atoms with Crippen molar-refractivity contribution in [3.8, 4) is 17.2 Å². The van der Waals surface area contributed by atoms with E-state index >= 15 is 0 Å². The summed E-state index contributed by atoms with van der Waals surface area (Å²) in [5, 5.41) is 10.3. The molecule has 0 bridgehead atoms.